The maximum Gasteiger partial charge on any atom is 0.236 e. The number of carbonyl (C=O) groups excluding carboxylic acids is 1. The normalized spacial score (nSPS) is 17.3. The molecular weight excluding hydrogens is 274 g/mol. The third-order valence-electron chi connectivity index (χ3n) is 2.75. The second-order valence-corrected chi connectivity index (χ2v) is 5.86. The number of nitrogens with zero attached hydrogens (tertiary/aromatic N) is 1. The number of fused-ring (bicyclic) bond motifs is 1. The highest BCUT2D eigenvalue weighted by molar-refractivity contribution is 9.10. The molecule has 0 radical (unpaired) electrons. The highest BCUT2D eigenvalue weighted by atomic mass is 79.9. The van der Waals surface area contributed by atoms with Crippen LogP contribution in [0.15, 0.2) is 11.4 Å². The van der Waals surface area contributed by atoms with Crippen LogP contribution in [-0.2, 0) is 17.8 Å². The Kier molecular flexibility index (Phi) is 3.46. The van der Waals surface area contributed by atoms with Gasteiger partial charge in [0.1, 0.15) is 0 Å². The topological polar surface area (TPSA) is 20.3 Å². The van der Waals surface area contributed by atoms with Gasteiger partial charge in [-0.1, -0.05) is 22.9 Å². The Balaban J connectivity index is 2.06. The van der Waals surface area contributed by atoms with E-state index in [9.17, 15) is 4.79 Å². The summed E-state index contributed by atoms with van der Waals surface area (Å²) in [6.45, 7) is 3.69. The third kappa shape index (κ3) is 2.26. The Bertz CT molecular complexity index is 363. The van der Waals surface area contributed by atoms with Gasteiger partial charge in [-0.2, -0.15) is 0 Å². The van der Waals surface area contributed by atoms with Crippen LogP contribution in [0.2, 0.25) is 0 Å². The molecule has 1 unspecified atom stereocenters. The molecule has 82 valence electrons. The monoisotopic (exact) mass is 287 g/mol. The molecule has 0 saturated heterocycles. The Labute approximate surface area is 102 Å². The molecule has 0 bridgehead atoms. The van der Waals surface area contributed by atoms with Crippen molar-refractivity contribution < 1.29 is 4.79 Å². The van der Waals surface area contributed by atoms with Crippen LogP contribution in [0.5, 0.6) is 0 Å². The molecule has 0 aliphatic carbocycles. The van der Waals surface area contributed by atoms with Crippen molar-refractivity contribution in [3.8, 4) is 0 Å². The second kappa shape index (κ2) is 4.66. The van der Waals surface area contributed by atoms with E-state index < -0.39 is 0 Å². The minimum atomic E-state index is -0.0160. The Morgan fingerprint density at radius 3 is 3.27 bits per heavy atom. The molecule has 0 N–H and O–H groups in total. The van der Waals surface area contributed by atoms with Gasteiger partial charge in [-0.3, -0.25) is 4.79 Å². The van der Waals surface area contributed by atoms with E-state index in [2.05, 4.69) is 27.4 Å². The van der Waals surface area contributed by atoms with Gasteiger partial charge >= 0.3 is 0 Å². The van der Waals surface area contributed by atoms with Crippen molar-refractivity contribution in [1.29, 1.82) is 0 Å². The molecule has 2 nitrogen and oxygen atoms in total. The molecule has 0 fully saturated rings. The summed E-state index contributed by atoms with van der Waals surface area (Å²) in [6, 6.07) is 2.13. The molecule has 0 spiro atoms. The minimum absolute atomic E-state index is 0.0160. The van der Waals surface area contributed by atoms with E-state index in [1.165, 1.54) is 10.4 Å². The largest absolute Gasteiger partial charge is 0.337 e. The van der Waals surface area contributed by atoms with E-state index in [-0.39, 0.29) is 10.7 Å². The van der Waals surface area contributed by atoms with Crippen molar-refractivity contribution in [2.24, 2.45) is 0 Å². The van der Waals surface area contributed by atoms with Gasteiger partial charge in [0.05, 0.1) is 4.83 Å². The summed E-state index contributed by atoms with van der Waals surface area (Å²) in [7, 11) is 0. The molecule has 1 atom stereocenters. The van der Waals surface area contributed by atoms with Crippen LogP contribution in [0.4, 0.5) is 0 Å². The number of thiophene rings is 1. The predicted octanol–water partition coefficient (Wildman–Crippen LogP) is 2.81. The minimum Gasteiger partial charge on any atom is -0.337 e. The molecule has 1 aromatic heterocycles. The summed E-state index contributed by atoms with van der Waals surface area (Å²) in [6.07, 6.45) is 1.87. The molecule has 1 aliphatic rings. The zero-order chi connectivity index (χ0) is 10.8. The van der Waals surface area contributed by atoms with Crippen molar-refractivity contribution in [2.75, 3.05) is 6.54 Å². The van der Waals surface area contributed by atoms with E-state index in [1.54, 1.807) is 11.3 Å². The molecule has 4 heteroatoms. The SMILES string of the molecule is CCC(Br)C(=O)N1CCc2sccc2C1. The molecule has 1 amide bonds. The van der Waals surface area contributed by atoms with Crippen molar-refractivity contribution in [3.05, 3.63) is 21.9 Å². The van der Waals surface area contributed by atoms with Crippen LogP contribution in [0.25, 0.3) is 0 Å². The fourth-order valence-corrected chi connectivity index (χ4v) is 2.99. The molecular formula is C11H14BrNOS. The van der Waals surface area contributed by atoms with Crippen molar-refractivity contribution in [1.82, 2.24) is 4.90 Å². The van der Waals surface area contributed by atoms with E-state index in [4.69, 9.17) is 0 Å². The number of rotatable bonds is 2. The molecule has 1 aromatic rings. The zero-order valence-electron chi connectivity index (χ0n) is 8.70. The molecule has 0 saturated carbocycles. The van der Waals surface area contributed by atoms with Gasteiger partial charge in [0.2, 0.25) is 5.91 Å². The fourth-order valence-electron chi connectivity index (χ4n) is 1.81. The summed E-state index contributed by atoms with van der Waals surface area (Å²) in [5.41, 5.74) is 1.33. The summed E-state index contributed by atoms with van der Waals surface area (Å²) in [5, 5.41) is 2.12. The van der Waals surface area contributed by atoms with Crippen LogP contribution in [0.3, 0.4) is 0 Å². The molecule has 2 rings (SSSR count). The van der Waals surface area contributed by atoms with Gasteiger partial charge in [-0.05, 0) is 29.9 Å². The molecule has 1 aliphatic heterocycles. The lowest BCUT2D eigenvalue weighted by molar-refractivity contribution is -0.131. The third-order valence-corrected chi connectivity index (χ3v) is 4.81. The first-order chi connectivity index (χ1) is 7.22. The van der Waals surface area contributed by atoms with Crippen LogP contribution in [0.1, 0.15) is 23.8 Å². The average molecular weight is 288 g/mol. The number of alkyl halides is 1. The van der Waals surface area contributed by atoms with Gasteiger partial charge in [-0.15, -0.1) is 11.3 Å². The molecule has 2 heterocycles. The Hall–Kier alpha value is -0.350. The quantitative estimate of drug-likeness (QED) is 0.766. The van der Waals surface area contributed by atoms with Crippen LogP contribution < -0.4 is 0 Å². The molecule has 0 aromatic carbocycles. The van der Waals surface area contributed by atoms with Gasteiger partial charge in [0.25, 0.3) is 0 Å². The van der Waals surface area contributed by atoms with E-state index in [0.29, 0.717) is 0 Å². The summed E-state index contributed by atoms with van der Waals surface area (Å²) < 4.78 is 0. The maximum atomic E-state index is 11.9. The van der Waals surface area contributed by atoms with Gasteiger partial charge in [0, 0.05) is 18.0 Å². The highest BCUT2D eigenvalue weighted by Gasteiger charge is 2.24. The Morgan fingerprint density at radius 1 is 1.73 bits per heavy atom. The van der Waals surface area contributed by atoms with E-state index in [0.717, 1.165) is 25.9 Å². The van der Waals surface area contributed by atoms with Crippen molar-refractivity contribution in [3.63, 3.8) is 0 Å². The number of hydrogen-bond acceptors (Lipinski definition) is 2. The second-order valence-electron chi connectivity index (χ2n) is 3.75. The average Bonchev–Trinajstić information content (AvgIpc) is 2.73. The number of hydrogen-bond donors (Lipinski definition) is 0. The lowest BCUT2D eigenvalue weighted by Crippen LogP contribution is -2.39. The smallest absolute Gasteiger partial charge is 0.236 e. The van der Waals surface area contributed by atoms with Crippen LogP contribution >= 0.6 is 27.3 Å². The lowest BCUT2D eigenvalue weighted by Gasteiger charge is -2.28. The zero-order valence-corrected chi connectivity index (χ0v) is 11.1. The number of carbonyl (C=O) groups is 1. The number of amides is 1. The van der Waals surface area contributed by atoms with Gasteiger partial charge in [-0.25, -0.2) is 0 Å². The fraction of sp³-hybridized carbons (Fsp3) is 0.545. The number of halogens is 1. The highest BCUT2D eigenvalue weighted by Crippen LogP contribution is 2.25. The van der Waals surface area contributed by atoms with E-state index >= 15 is 0 Å². The van der Waals surface area contributed by atoms with Crippen LogP contribution in [-0.4, -0.2) is 22.2 Å². The first-order valence-electron chi connectivity index (χ1n) is 5.20. The summed E-state index contributed by atoms with van der Waals surface area (Å²) in [4.78, 5) is 15.3. The van der Waals surface area contributed by atoms with Gasteiger partial charge in [0.15, 0.2) is 0 Å². The maximum absolute atomic E-state index is 11.9. The van der Waals surface area contributed by atoms with E-state index in [1.807, 2.05) is 11.8 Å². The van der Waals surface area contributed by atoms with Gasteiger partial charge < -0.3 is 4.90 Å². The predicted molar refractivity (Wildman–Crippen MR) is 66.4 cm³/mol. The summed E-state index contributed by atoms with van der Waals surface area (Å²) in [5.74, 6) is 0.231. The molecule has 15 heavy (non-hydrogen) atoms. The Morgan fingerprint density at radius 2 is 2.53 bits per heavy atom. The van der Waals surface area contributed by atoms with Crippen molar-refractivity contribution >= 4 is 33.2 Å². The van der Waals surface area contributed by atoms with Crippen molar-refractivity contribution in [2.45, 2.75) is 31.1 Å². The van der Waals surface area contributed by atoms with Crippen LogP contribution in [0, 0.1) is 0 Å². The summed E-state index contributed by atoms with van der Waals surface area (Å²) >= 11 is 5.22. The first kappa shape index (κ1) is 11.1. The standard InChI is InChI=1S/C11H14BrNOS/c1-2-9(12)11(14)13-5-3-10-8(7-13)4-6-15-10/h4,6,9H,2-3,5,7H2,1H3. The first-order valence-corrected chi connectivity index (χ1v) is 7.00. The lowest BCUT2D eigenvalue weighted by atomic mass is 10.1.